The molecule has 0 radical (unpaired) electrons. The van der Waals surface area contributed by atoms with Gasteiger partial charge in [-0.3, -0.25) is 4.79 Å². The molecule has 1 aliphatic rings. The summed E-state index contributed by atoms with van der Waals surface area (Å²) in [5.74, 6) is 1.33. The van der Waals surface area contributed by atoms with Crippen LogP contribution in [-0.4, -0.2) is 39.8 Å². The molecule has 2 heterocycles. The van der Waals surface area contributed by atoms with E-state index in [1.807, 2.05) is 32.0 Å². The Bertz CT molecular complexity index is 716. The number of hydrogen-bond donors (Lipinski definition) is 0. The second kappa shape index (κ2) is 6.62. The number of likely N-dealkylation sites (tertiary alicyclic amines) is 1. The summed E-state index contributed by atoms with van der Waals surface area (Å²) < 4.78 is 11.3. The summed E-state index contributed by atoms with van der Waals surface area (Å²) in [4.78, 5) is 13.6. The Hall–Kier alpha value is -2.02. The lowest BCUT2D eigenvalue weighted by molar-refractivity contribution is -0.126. The van der Waals surface area contributed by atoms with E-state index in [1.54, 1.807) is 11.9 Å². The number of ether oxygens (including phenoxy) is 1. The summed E-state index contributed by atoms with van der Waals surface area (Å²) in [6.07, 6.45) is 0.802. The summed E-state index contributed by atoms with van der Waals surface area (Å²) in [6.45, 7) is 5.00. The first-order valence-electron chi connectivity index (χ1n) is 7.47. The zero-order valence-electron chi connectivity index (χ0n) is 13.4. The average Bonchev–Trinajstić information content (AvgIpc) is 3.10. The summed E-state index contributed by atoms with van der Waals surface area (Å²) in [7, 11) is 1.81. The molecule has 23 heavy (non-hydrogen) atoms. The van der Waals surface area contributed by atoms with Crippen LogP contribution in [0.3, 0.4) is 0 Å². The van der Waals surface area contributed by atoms with Crippen LogP contribution >= 0.6 is 11.8 Å². The molecule has 1 aromatic carbocycles. The van der Waals surface area contributed by atoms with Crippen LogP contribution in [-0.2, 0) is 11.4 Å². The van der Waals surface area contributed by atoms with E-state index in [0.717, 1.165) is 29.8 Å². The van der Waals surface area contributed by atoms with Gasteiger partial charge >= 0.3 is 0 Å². The Kier molecular flexibility index (Phi) is 4.56. The third-order valence-electron chi connectivity index (χ3n) is 3.76. The van der Waals surface area contributed by atoms with Crippen molar-refractivity contribution in [2.75, 3.05) is 13.6 Å². The van der Waals surface area contributed by atoms with Crippen molar-refractivity contribution in [3.05, 3.63) is 35.2 Å². The molecule has 0 N–H and O–H groups in total. The SMILES string of the molecule is Cc1ccc(C)c(OCc2nnc(S[C@@H]3CCN(C)C3=O)o2)c1. The second-order valence-electron chi connectivity index (χ2n) is 5.67. The van der Waals surface area contributed by atoms with Crippen molar-refractivity contribution in [2.45, 2.75) is 37.3 Å². The predicted molar refractivity (Wildman–Crippen MR) is 86.4 cm³/mol. The molecule has 1 fully saturated rings. The van der Waals surface area contributed by atoms with Crippen LogP contribution < -0.4 is 4.74 Å². The molecule has 3 rings (SSSR count). The van der Waals surface area contributed by atoms with Gasteiger partial charge in [0.15, 0.2) is 6.61 Å². The highest BCUT2D eigenvalue weighted by atomic mass is 32.2. The highest BCUT2D eigenvalue weighted by Gasteiger charge is 2.31. The molecule has 0 spiro atoms. The third-order valence-corrected chi connectivity index (χ3v) is 4.85. The van der Waals surface area contributed by atoms with Gasteiger partial charge in [-0.2, -0.15) is 0 Å². The highest BCUT2D eigenvalue weighted by molar-refractivity contribution is 8.00. The smallest absolute Gasteiger partial charge is 0.277 e. The van der Waals surface area contributed by atoms with E-state index in [9.17, 15) is 4.79 Å². The van der Waals surface area contributed by atoms with Gasteiger partial charge in [-0.1, -0.05) is 23.9 Å². The van der Waals surface area contributed by atoms with Crippen molar-refractivity contribution in [1.82, 2.24) is 15.1 Å². The number of amides is 1. The minimum Gasteiger partial charge on any atom is -0.484 e. The van der Waals surface area contributed by atoms with Gasteiger partial charge in [0, 0.05) is 13.6 Å². The molecule has 0 aliphatic carbocycles. The van der Waals surface area contributed by atoms with Gasteiger partial charge in [-0.05, 0) is 37.5 Å². The molecule has 122 valence electrons. The van der Waals surface area contributed by atoms with Crippen molar-refractivity contribution in [2.24, 2.45) is 0 Å². The van der Waals surface area contributed by atoms with Crippen molar-refractivity contribution >= 4 is 17.7 Å². The Balaban J connectivity index is 1.59. The average molecular weight is 333 g/mol. The van der Waals surface area contributed by atoms with Gasteiger partial charge in [0.2, 0.25) is 5.91 Å². The molecule has 1 amide bonds. The standard InChI is InChI=1S/C16H19N3O3S/c1-10-4-5-11(2)12(8-10)21-9-14-17-18-16(22-14)23-13-6-7-19(3)15(13)20/h4-5,8,13H,6-7,9H2,1-3H3/t13-/m1/s1. The number of aryl methyl sites for hydroxylation is 2. The number of nitrogens with zero attached hydrogens (tertiary/aromatic N) is 3. The number of thioether (sulfide) groups is 1. The monoisotopic (exact) mass is 333 g/mol. The summed E-state index contributed by atoms with van der Waals surface area (Å²) in [5, 5.41) is 8.25. The van der Waals surface area contributed by atoms with E-state index in [0.29, 0.717) is 11.1 Å². The number of carbonyl (C=O) groups excluding carboxylic acids is 1. The number of benzene rings is 1. The maximum Gasteiger partial charge on any atom is 0.277 e. The quantitative estimate of drug-likeness (QED) is 0.838. The molecular formula is C16H19N3O3S. The molecule has 1 saturated heterocycles. The van der Waals surface area contributed by atoms with Crippen molar-refractivity contribution < 1.29 is 13.9 Å². The van der Waals surface area contributed by atoms with E-state index < -0.39 is 0 Å². The van der Waals surface area contributed by atoms with Crippen LogP contribution in [0.15, 0.2) is 27.8 Å². The Morgan fingerprint density at radius 1 is 1.39 bits per heavy atom. The van der Waals surface area contributed by atoms with Crippen LogP contribution in [0.1, 0.15) is 23.4 Å². The van der Waals surface area contributed by atoms with Crippen LogP contribution in [0.25, 0.3) is 0 Å². The fourth-order valence-corrected chi connectivity index (χ4v) is 3.35. The number of carbonyl (C=O) groups is 1. The summed E-state index contributed by atoms with van der Waals surface area (Å²) in [5.41, 5.74) is 2.19. The third kappa shape index (κ3) is 3.67. The van der Waals surface area contributed by atoms with Crippen molar-refractivity contribution in [1.29, 1.82) is 0 Å². The lowest BCUT2D eigenvalue weighted by Crippen LogP contribution is -2.23. The van der Waals surface area contributed by atoms with E-state index >= 15 is 0 Å². The maximum absolute atomic E-state index is 11.9. The van der Waals surface area contributed by atoms with Gasteiger partial charge in [0.1, 0.15) is 5.75 Å². The lowest BCUT2D eigenvalue weighted by atomic mass is 10.1. The van der Waals surface area contributed by atoms with E-state index in [2.05, 4.69) is 10.2 Å². The van der Waals surface area contributed by atoms with Gasteiger partial charge in [0.05, 0.1) is 5.25 Å². The topological polar surface area (TPSA) is 68.5 Å². The van der Waals surface area contributed by atoms with Gasteiger partial charge in [-0.15, -0.1) is 10.2 Å². The lowest BCUT2D eigenvalue weighted by Gasteiger charge is -2.08. The zero-order valence-corrected chi connectivity index (χ0v) is 14.2. The molecule has 1 aromatic heterocycles. The molecule has 1 aliphatic heterocycles. The molecule has 6 nitrogen and oxygen atoms in total. The second-order valence-corrected chi connectivity index (χ2v) is 6.83. The van der Waals surface area contributed by atoms with Crippen LogP contribution in [0.4, 0.5) is 0 Å². The van der Waals surface area contributed by atoms with Gasteiger partial charge in [-0.25, -0.2) is 0 Å². The molecular weight excluding hydrogens is 314 g/mol. The van der Waals surface area contributed by atoms with Gasteiger partial charge < -0.3 is 14.1 Å². The first-order chi connectivity index (χ1) is 11.0. The molecule has 0 bridgehead atoms. The zero-order chi connectivity index (χ0) is 16.4. The van der Waals surface area contributed by atoms with E-state index in [4.69, 9.17) is 9.15 Å². The van der Waals surface area contributed by atoms with E-state index in [1.165, 1.54) is 11.8 Å². The van der Waals surface area contributed by atoms with Crippen molar-refractivity contribution in [3.8, 4) is 5.75 Å². The largest absolute Gasteiger partial charge is 0.484 e. The molecule has 0 unspecified atom stereocenters. The first kappa shape index (κ1) is 15.9. The number of rotatable bonds is 5. The van der Waals surface area contributed by atoms with Crippen LogP contribution in [0.2, 0.25) is 0 Å². The normalized spacial score (nSPS) is 17.8. The van der Waals surface area contributed by atoms with Crippen LogP contribution in [0, 0.1) is 13.8 Å². The summed E-state index contributed by atoms with van der Waals surface area (Å²) >= 11 is 1.32. The Labute approximate surface area is 139 Å². The highest BCUT2D eigenvalue weighted by Crippen LogP contribution is 2.29. The summed E-state index contributed by atoms with van der Waals surface area (Å²) in [6, 6.07) is 6.04. The van der Waals surface area contributed by atoms with Crippen LogP contribution in [0.5, 0.6) is 5.75 Å². The van der Waals surface area contributed by atoms with Gasteiger partial charge in [0.25, 0.3) is 11.1 Å². The molecule has 7 heteroatoms. The predicted octanol–water partition coefficient (Wildman–Crippen LogP) is 2.59. The first-order valence-corrected chi connectivity index (χ1v) is 8.35. The minimum atomic E-state index is -0.131. The molecule has 2 aromatic rings. The Morgan fingerprint density at radius 2 is 2.22 bits per heavy atom. The van der Waals surface area contributed by atoms with Crippen molar-refractivity contribution in [3.63, 3.8) is 0 Å². The minimum absolute atomic E-state index is 0.112. The molecule has 0 saturated carbocycles. The van der Waals surface area contributed by atoms with E-state index in [-0.39, 0.29) is 17.8 Å². The number of hydrogen-bond acceptors (Lipinski definition) is 6. The Morgan fingerprint density at radius 3 is 2.96 bits per heavy atom. The fraction of sp³-hybridized carbons (Fsp3) is 0.438. The number of aromatic nitrogens is 2. The fourth-order valence-electron chi connectivity index (χ4n) is 2.37. The maximum atomic E-state index is 11.9. The molecule has 1 atom stereocenters.